The first-order valence-corrected chi connectivity index (χ1v) is 21.9. The molecule has 0 radical (unpaired) electrons. The minimum absolute atomic E-state index is 0.859. The highest BCUT2D eigenvalue weighted by molar-refractivity contribution is 6.08. The normalized spacial score (nSPS) is 11.4. The summed E-state index contributed by atoms with van der Waals surface area (Å²) in [5, 5.41) is 8.58. The van der Waals surface area contributed by atoms with Crippen LogP contribution in [0.5, 0.6) is 0 Å². The van der Waals surface area contributed by atoms with E-state index in [2.05, 4.69) is 241 Å². The number of nitrogens with zero attached hydrogens (tertiary/aromatic N) is 1. The van der Waals surface area contributed by atoms with Gasteiger partial charge in [-0.1, -0.05) is 194 Å². The standard InChI is InChI=1S/C62H41NO/c1-2-11-45(12-3-1)58-37-31-49(40-60(58)62-41-51-15-6-9-20-61(51)64-62)44-29-34-53(35-30-44)63(54-36-38-59-50(39-54)26-25-47-14-5-8-18-56(47)59)52-32-27-43(28-33-52)42-21-23-48(24-22-42)57-19-10-16-46-13-4-7-17-55(46)57/h1-41H. The Morgan fingerprint density at radius 1 is 0.250 bits per heavy atom. The van der Waals surface area contributed by atoms with E-state index in [1.807, 2.05) is 12.1 Å². The summed E-state index contributed by atoms with van der Waals surface area (Å²) in [6.07, 6.45) is 0. The largest absolute Gasteiger partial charge is 0.456 e. The number of benzene rings is 11. The van der Waals surface area contributed by atoms with Gasteiger partial charge in [0, 0.05) is 28.0 Å². The Kier molecular flexibility index (Phi) is 9.20. The van der Waals surface area contributed by atoms with Crippen molar-refractivity contribution in [2.75, 3.05) is 4.90 Å². The zero-order chi connectivity index (χ0) is 42.4. The zero-order valence-electron chi connectivity index (χ0n) is 35.0. The van der Waals surface area contributed by atoms with Crippen LogP contribution in [0.4, 0.5) is 17.1 Å². The third-order valence-corrected chi connectivity index (χ3v) is 12.7. The van der Waals surface area contributed by atoms with Gasteiger partial charge in [0.15, 0.2) is 0 Å². The van der Waals surface area contributed by atoms with Gasteiger partial charge in [0.1, 0.15) is 11.3 Å². The maximum atomic E-state index is 6.48. The van der Waals surface area contributed by atoms with Gasteiger partial charge >= 0.3 is 0 Å². The number of hydrogen-bond donors (Lipinski definition) is 0. The number of hydrogen-bond acceptors (Lipinski definition) is 2. The Bertz CT molecular complexity index is 3600. The topological polar surface area (TPSA) is 16.4 Å². The lowest BCUT2D eigenvalue weighted by Crippen LogP contribution is -2.09. The molecule has 2 nitrogen and oxygen atoms in total. The maximum absolute atomic E-state index is 6.48. The summed E-state index contributed by atoms with van der Waals surface area (Å²) in [5.41, 5.74) is 14.6. The summed E-state index contributed by atoms with van der Waals surface area (Å²) in [5.74, 6) is 0.859. The molecule has 300 valence electrons. The van der Waals surface area contributed by atoms with E-state index < -0.39 is 0 Å². The molecular weight excluding hydrogens is 775 g/mol. The van der Waals surface area contributed by atoms with Crippen molar-refractivity contribution < 1.29 is 4.42 Å². The SMILES string of the molecule is c1ccc(-c2ccc(-c3ccc(N(c4ccc(-c5ccc(-c6cccc7ccccc67)cc5)cc4)c4ccc5c(ccc6ccccc65)c4)cc3)cc2-c2cc3ccccc3o2)cc1. The Labute approximate surface area is 372 Å². The van der Waals surface area contributed by atoms with Crippen molar-refractivity contribution in [2.45, 2.75) is 0 Å². The van der Waals surface area contributed by atoms with Crippen molar-refractivity contribution >= 4 is 60.3 Å². The van der Waals surface area contributed by atoms with E-state index in [1.54, 1.807) is 0 Å². The highest BCUT2D eigenvalue weighted by Gasteiger charge is 2.17. The van der Waals surface area contributed by atoms with Crippen LogP contribution >= 0.6 is 0 Å². The predicted molar refractivity (Wildman–Crippen MR) is 271 cm³/mol. The van der Waals surface area contributed by atoms with Crippen molar-refractivity contribution in [1.29, 1.82) is 0 Å². The number of para-hydroxylation sites is 1. The van der Waals surface area contributed by atoms with E-state index in [9.17, 15) is 0 Å². The van der Waals surface area contributed by atoms with E-state index in [4.69, 9.17) is 4.42 Å². The molecule has 1 heterocycles. The van der Waals surface area contributed by atoms with Crippen molar-refractivity contribution in [3.63, 3.8) is 0 Å². The van der Waals surface area contributed by atoms with Crippen molar-refractivity contribution in [3.8, 4) is 55.8 Å². The van der Waals surface area contributed by atoms with Crippen LogP contribution in [0.25, 0.3) is 99.1 Å². The lowest BCUT2D eigenvalue weighted by atomic mass is 9.93. The van der Waals surface area contributed by atoms with Crippen LogP contribution in [0.2, 0.25) is 0 Å². The van der Waals surface area contributed by atoms with Gasteiger partial charge in [-0.15, -0.1) is 0 Å². The van der Waals surface area contributed by atoms with Gasteiger partial charge in [0.05, 0.1) is 0 Å². The second-order valence-electron chi connectivity index (χ2n) is 16.5. The molecule has 0 spiro atoms. The first kappa shape index (κ1) is 37.3. The maximum Gasteiger partial charge on any atom is 0.136 e. The van der Waals surface area contributed by atoms with Crippen LogP contribution in [0, 0.1) is 0 Å². The van der Waals surface area contributed by atoms with Crippen molar-refractivity contribution in [3.05, 3.63) is 249 Å². The smallest absolute Gasteiger partial charge is 0.136 e. The molecular formula is C62H41NO. The summed E-state index contributed by atoms with van der Waals surface area (Å²) in [6.45, 7) is 0. The minimum atomic E-state index is 0.859. The molecule has 0 aliphatic carbocycles. The van der Waals surface area contributed by atoms with Gasteiger partial charge in [-0.25, -0.2) is 0 Å². The monoisotopic (exact) mass is 815 g/mol. The molecule has 0 aliphatic heterocycles. The Hall–Kier alpha value is -8.46. The molecule has 11 aromatic carbocycles. The molecule has 0 N–H and O–H groups in total. The van der Waals surface area contributed by atoms with Crippen LogP contribution in [0.1, 0.15) is 0 Å². The van der Waals surface area contributed by atoms with Gasteiger partial charge in [-0.3, -0.25) is 0 Å². The summed E-state index contributed by atoms with van der Waals surface area (Å²) in [7, 11) is 0. The van der Waals surface area contributed by atoms with E-state index >= 15 is 0 Å². The molecule has 0 unspecified atom stereocenters. The van der Waals surface area contributed by atoms with Gasteiger partial charge in [-0.2, -0.15) is 0 Å². The molecule has 64 heavy (non-hydrogen) atoms. The third-order valence-electron chi connectivity index (χ3n) is 12.7. The van der Waals surface area contributed by atoms with E-state index in [0.717, 1.165) is 61.6 Å². The fourth-order valence-electron chi connectivity index (χ4n) is 9.42. The minimum Gasteiger partial charge on any atom is -0.456 e. The molecule has 0 atom stereocenters. The second kappa shape index (κ2) is 15.8. The van der Waals surface area contributed by atoms with Crippen LogP contribution in [0.15, 0.2) is 253 Å². The van der Waals surface area contributed by atoms with Gasteiger partial charge in [0.25, 0.3) is 0 Å². The molecule has 0 fully saturated rings. The third kappa shape index (κ3) is 6.79. The van der Waals surface area contributed by atoms with Crippen LogP contribution in [0.3, 0.4) is 0 Å². The quantitative estimate of drug-likeness (QED) is 0.142. The summed E-state index contributed by atoms with van der Waals surface area (Å²) < 4.78 is 6.48. The lowest BCUT2D eigenvalue weighted by Gasteiger charge is -2.26. The average molecular weight is 816 g/mol. The molecule has 0 amide bonds. The van der Waals surface area contributed by atoms with Gasteiger partial charge in [0.2, 0.25) is 0 Å². The highest BCUT2D eigenvalue weighted by atomic mass is 16.3. The zero-order valence-corrected chi connectivity index (χ0v) is 35.0. The number of furan rings is 1. The summed E-state index contributed by atoms with van der Waals surface area (Å²) in [6, 6.07) is 89.6. The first-order chi connectivity index (χ1) is 31.7. The molecule has 12 aromatic rings. The highest BCUT2D eigenvalue weighted by Crippen LogP contribution is 2.42. The van der Waals surface area contributed by atoms with Gasteiger partial charge in [-0.05, 0) is 131 Å². The molecule has 0 saturated heterocycles. The Balaban J connectivity index is 0.918. The fourth-order valence-corrected chi connectivity index (χ4v) is 9.42. The lowest BCUT2D eigenvalue weighted by molar-refractivity contribution is 0.632. The number of anilines is 3. The summed E-state index contributed by atoms with van der Waals surface area (Å²) >= 11 is 0. The number of rotatable bonds is 8. The average Bonchev–Trinajstić information content (AvgIpc) is 3.81. The fraction of sp³-hybridized carbons (Fsp3) is 0. The Morgan fingerprint density at radius 3 is 1.50 bits per heavy atom. The molecule has 0 aliphatic rings. The van der Waals surface area contributed by atoms with E-state index in [-0.39, 0.29) is 0 Å². The van der Waals surface area contributed by atoms with Crippen LogP contribution < -0.4 is 4.90 Å². The molecule has 12 rings (SSSR count). The van der Waals surface area contributed by atoms with E-state index in [1.165, 1.54) is 54.6 Å². The first-order valence-electron chi connectivity index (χ1n) is 21.9. The Morgan fingerprint density at radius 2 is 0.766 bits per heavy atom. The van der Waals surface area contributed by atoms with Crippen LogP contribution in [-0.4, -0.2) is 0 Å². The molecule has 0 bridgehead atoms. The summed E-state index contributed by atoms with van der Waals surface area (Å²) in [4.78, 5) is 2.37. The molecule has 1 aromatic heterocycles. The van der Waals surface area contributed by atoms with E-state index in [0.29, 0.717) is 0 Å². The van der Waals surface area contributed by atoms with Crippen LogP contribution in [-0.2, 0) is 0 Å². The second-order valence-corrected chi connectivity index (χ2v) is 16.5. The molecule has 2 heteroatoms. The number of fused-ring (bicyclic) bond motifs is 5. The predicted octanol–water partition coefficient (Wildman–Crippen LogP) is 17.7. The van der Waals surface area contributed by atoms with Gasteiger partial charge < -0.3 is 9.32 Å². The van der Waals surface area contributed by atoms with Crippen molar-refractivity contribution in [1.82, 2.24) is 0 Å². The van der Waals surface area contributed by atoms with Crippen molar-refractivity contribution in [2.24, 2.45) is 0 Å². The molecule has 0 saturated carbocycles.